The Hall–Kier alpha value is -1.84. The summed E-state index contributed by atoms with van der Waals surface area (Å²) in [5, 5.41) is 4.44. The number of nitrogens with one attached hydrogen (secondary N) is 1. The maximum absolute atomic E-state index is 12.3. The maximum Gasteiger partial charge on any atom is 0.255 e. The zero-order valence-corrected chi connectivity index (χ0v) is 12.5. The van der Waals surface area contributed by atoms with Gasteiger partial charge in [0.1, 0.15) is 0 Å². The van der Waals surface area contributed by atoms with Gasteiger partial charge in [-0.05, 0) is 19.9 Å². The number of carbonyl (C=O) groups is 2. The van der Waals surface area contributed by atoms with E-state index in [0.29, 0.717) is 25.2 Å². The average Bonchev–Trinajstić information content (AvgIpc) is 2.91. The lowest BCUT2D eigenvalue weighted by molar-refractivity contribution is -0.121. The zero-order valence-electron chi connectivity index (χ0n) is 11.7. The molecule has 0 spiro atoms. The van der Waals surface area contributed by atoms with E-state index in [1.807, 2.05) is 13.8 Å². The number of carbonyl (C=O) groups excluding carboxylic acids is 2. The van der Waals surface area contributed by atoms with Crippen LogP contribution in [-0.4, -0.2) is 42.9 Å². The predicted octanol–water partition coefficient (Wildman–Crippen LogP) is 0.657. The van der Waals surface area contributed by atoms with E-state index in [1.165, 1.54) is 16.2 Å². The van der Waals surface area contributed by atoms with Crippen LogP contribution < -0.4 is 11.1 Å². The quantitative estimate of drug-likeness (QED) is 0.783. The fourth-order valence-electron chi connectivity index (χ4n) is 1.59. The van der Waals surface area contributed by atoms with Crippen LogP contribution in [0, 0.1) is 11.8 Å². The molecule has 0 unspecified atom stereocenters. The van der Waals surface area contributed by atoms with Crippen LogP contribution in [0.4, 0.5) is 0 Å². The van der Waals surface area contributed by atoms with E-state index in [0.717, 1.165) is 4.88 Å². The number of hydrogen-bond acceptors (Lipinski definition) is 4. The van der Waals surface area contributed by atoms with E-state index in [4.69, 9.17) is 5.73 Å². The molecular formula is C14H19N3O2S. The monoisotopic (exact) mass is 293 g/mol. The molecule has 6 heteroatoms. The van der Waals surface area contributed by atoms with Gasteiger partial charge in [0.2, 0.25) is 5.91 Å². The van der Waals surface area contributed by atoms with Gasteiger partial charge in [-0.1, -0.05) is 11.8 Å². The molecule has 0 atom stereocenters. The lowest BCUT2D eigenvalue weighted by Crippen LogP contribution is -2.40. The highest BCUT2D eigenvalue weighted by Gasteiger charge is 2.18. The van der Waals surface area contributed by atoms with Crippen LogP contribution in [0.1, 0.15) is 29.1 Å². The normalized spacial score (nSPS) is 9.55. The molecule has 5 nitrogen and oxygen atoms in total. The van der Waals surface area contributed by atoms with Crippen molar-refractivity contribution in [2.45, 2.75) is 13.8 Å². The van der Waals surface area contributed by atoms with Crippen LogP contribution in [0.2, 0.25) is 0 Å². The Morgan fingerprint density at radius 3 is 2.80 bits per heavy atom. The Morgan fingerprint density at radius 1 is 1.45 bits per heavy atom. The van der Waals surface area contributed by atoms with Crippen molar-refractivity contribution in [3.05, 3.63) is 21.9 Å². The van der Waals surface area contributed by atoms with Crippen LogP contribution in [0.15, 0.2) is 11.4 Å². The van der Waals surface area contributed by atoms with E-state index in [9.17, 15) is 9.59 Å². The summed E-state index contributed by atoms with van der Waals surface area (Å²) < 4.78 is 0. The molecule has 0 aliphatic heterocycles. The first kappa shape index (κ1) is 16.2. The summed E-state index contributed by atoms with van der Waals surface area (Å²) >= 11 is 1.40. The van der Waals surface area contributed by atoms with Gasteiger partial charge in [-0.2, -0.15) is 0 Å². The molecular weight excluding hydrogens is 274 g/mol. The number of nitrogens with zero attached hydrogens (tertiary/aromatic N) is 1. The Morgan fingerprint density at radius 2 is 2.20 bits per heavy atom. The largest absolute Gasteiger partial charge is 0.355 e. The smallest absolute Gasteiger partial charge is 0.255 e. The van der Waals surface area contributed by atoms with Crippen LogP contribution in [0.25, 0.3) is 0 Å². The zero-order chi connectivity index (χ0) is 15.0. The van der Waals surface area contributed by atoms with E-state index in [1.54, 1.807) is 11.4 Å². The summed E-state index contributed by atoms with van der Waals surface area (Å²) in [5.74, 6) is 5.33. The summed E-state index contributed by atoms with van der Waals surface area (Å²) in [5.41, 5.74) is 5.87. The number of amides is 2. The van der Waals surface area contributed by atoms with E-state index < -0.39 is 0 Å². The number of nitrogens with two attached hydrogens (primary N) is 1. The van der Waals surface area contributed by atoms with E-state index >= 15 is 0 Å². The van der Waals surface area contributed by atoms with E-state index in [-0.39, 0.29) is 18.4 Å². The summed E-state index contributed by atoms with van der Waals surface area (Å²) in [7, 11) is 0. The molecule has 0 aromatic carbocycles. The highest BCUT2D eigenvalue weighted by molar-refractivity contribution is 7.10. The minimum Gasteiger partial charge on any atom is -0.355 e. The van der Waals surface area contributed by atoms with Gasteiger partial charge in [-0.3, -0.25) is 9.59 Å². The second kappa shape index (κ2) is 8.35. The van der Waals surface area contributed by atoms with Crippen molar-refractivity contribution in [1.29, 1.82) is 0 Å². The van der Waals surface area contributed by atoms with Gasteiger partial charge < -0.3 is 16.0 Å². The third-order valence-corrected chi connectivity index (χ3v) is 3.38. The molecule has 0 bridgehead atoms. The molecule has 2 amide bonds. The highest BCUT2D eigenvalue weighted by Crippen LogP contribution is 2.15. The van der Waals surface area contributed by atoms with Crippen molar-refractivity contribution in [2.75, 3.05) is 26.2 Å². The SMILES string of the molecule is CCNC(=O)CN(CC)C(=O)c1csc(C#CCN)c1. The molecule has 1 aromatic rings. The summed E-state index contributed by atoms with van der Waals surface area (Å²) in [6.45, 7) is 5.09. The van der Waals surface area contributed by atoms with Gasteiger partial charge in [-0.25, -0.2) is 0 Å². The minimum atomic E-state index is -0.157. The van der Waals surface area contributed by atoms with Gasteiger partial charge in [-0.15, -0.1) is 11.3 Å². The highest BCUT2D eigenvalue weighted by atomic mass is 32.1. The number of thiophene rings is 1. The number of hydrogen-bond donors (Lipinski definition) is 2. The minimum absolute atomic E-state index is 0.0723. The molecule has 3 N–H and O–H groups in total. The lowest BCUT2D eigenvalue weighted by Gasteiger charge is -2.19. The Balaban J connectivity index is 2.75. The first-order valence-electron chi connectivity index (χ1n) is 6.45. The van der Waals surface area contributed by atoms with Crippen molar-refractivity contribution in [3.8, 4) is 11.8 Å². The van der Waals surface area contributed by atoms with Crippen LogP contribution in [-0.2, 0) is 4.79 Å². The van der Waals surface area contributed by atoms with Gasteiger partial charge in [0.25, 0.3) is 5.91 Å². The Kier molecular flexibility index (Phi) is 6.77. The Bertz CT molecular complexity index is 528. The average molecular weight is 293 g/mol. The summed E-state index contributed by atoms with van der Waals surface area (Å²) in [6, 6.07) is 1.73. The van der Waals surface area contributed by atoms with Crippen molar-refractivity contribution in [1.82, 2.24) is 10.2 Å². The number of likely N-dealkylation sites (N-methyl/N-ethyl adjacent to an activating group) is 2. The van der Waals surface area contributed by atoms with Crippen molar-refractivity contribution in [2.24, 2.45) is 5.73 Å². The first-order chi connectivity index (χ1) is 9.62. The van der Waals surface area contributed by atoms with Gasteiger partial charge in [0, 0.05) is 18.5 Å². The fraction of sp³-hybridized carbons (Fsp3) is 0.429. The van der Waals surface area contributed by atoms with Gasteiger partial charge in [0.15, 0.2) is 0 Å². The first-order valence-corrected chi connectivity index (χ1v) is 7.33. The third kappa shape index (κ3) is 4.68. The number of rotatable bonds is 5. The Labute approximate surface area is 123 Å². The van der Waals surface area contributed by atoms with Crippen molar-refractivity contribution >= 4 is 23.2 Å². The summed E-state index contributed by atoms with van der Waals surface area (Å²) in [6.07, 6.45) is 0. The second-order valence-electron chi connectivity index (χ2n) is 3.98. The molecule has 0 aliphatic carbocycles. The fourth-order valence-corrected chi connectivity index (χ4v) is 2.34. The van der Waals surface area contributed by atoms with Crippen LogP contribution >= 0.6 is 11.3 Å². The third-order valence-electron chi connectivity index (χ3n) is 2.54. The van der Waals surface area contributed by atoms with Gasteiger partial charge >= 0.3 is 0 Å². The molecule has 108 valence electrons. The van der Waals surface area contributed by atoms with Crippen LogP contribution in [0.3, 0.4) is 0 Å². The molecule has 1 aromatic heterocycles. The van der Waals surface area contributed by atoms with Crippen molar-refractivity contribution in [3.63, 3.8) is 0 Å². The molecule has 0 aliphatic rings. The lowest BCUT2D eigenvalue weighted by atomic mass is 10.2. The summed E-state index contributed by atoms with van der Waals surface area (Å²) in [4.78, 5) is 26.1. The standard InChI is InChI=1S/C14H19N3O2S/c1-3-16-13(18)9-17(4-2)14(19)11-8-12(20-10-11)6-5-7-15/h8,10H,3-4,7,9,15H2,1-2H3,(H,16,18). The maximum atomic E-state index is 12.3. The molecule has 20 heavy (non-hydrogen) atoms. The second-order valence-corrected chi connectivity index (χ2v) is 4.89. The molecule has 0 radical (unpaired) electrons. The van der Waals surface area contributed by atoms with Gasteiger partial charge in [0.05, 0.1) is 23.5 Å². The molecule has 0 fully saturated rings. The molecule has 0 saturated carbocycles. The van der Waals surface area contributed by atoms with Crippen LogP contribution in [0.5, 0.6) is 0 Å². The molecule has 1 rings (SSSR count). The van der Waals surface area contributed by atoms with E-state index in [2.05, 4.69) is 17.2 Å². The van der Waals surface area contributed by atoms with Crippen molar-refractivity contribution < 1.29 is 9.59 Å². The molecule has 0 saturated heterocycles. The topological polar surface area (TPSA) is 75.4 Å². The molecule has 1 heterocycles. The predicted molar refractivity (Wildman–Crippen MR) is 80.5 cm³/mol.